The van der Waals surface area contributed by atoms with Crippen molar-refractivity contribution < 1.29 is 22.4 Å². The Bertz CT molecular complexity index is 1180. The number of hydrogen-bond donors (Lipinski definition) is 1. The molecule has 0 atom stereocenters. The van der Waals surface area contributed by atoms with Gasteiger partial charge in [0.05, 0.1) is 5.75 Å². The molecule has 12 heteroatoms. The number of carbonyl (C=O) groups is 1. The van der Waals surface area contributed by atoms with Gasteiger partial charge in [0, 0.05) is 5.56 Å². The molecule has 29 heavy (non-hydrogen) atoms. The topological polar surface area (TPSA) is 93.8 Å². The first kappa shape index (κ1) is 19.3. The van der Waals surface area contributed by atoms with Crippen LogP contribution in [0.2, 0.25) is 0 Å². The summed E-state index contributed by atoms with van der Waals surface area (Å²) in [5.41, 5.74) is 0.737. The Hall–Kier alpha value is -2.99. The molecule has 0 aliphatic heterocycles. The summed E-state index contributed by atoms with van der Waals surface area (Å²) in [5.74, 6) is -0.400. The number of anilines is 1. The third kappa shape index (κ3) is 4.54. The lowest BCUT2D eigenvalue weighted by Gasteiger charge is -2.00. The molecule has 1 N–H and O–H groups in total. The summed E-state index contributed by atoms with van der Waals surface area (Å²) in [5, 5.41) is 17.3. The van der Waals surface area contributed by atoms with Gasteiger partial charge in [-0.1, -0.05) is 53.4 Å². The maximum atomic E-state index is 12.5. The molecule has 2 heterocycles. The number of benzene rings is 2. The summed E-state index contributed by atoms with van der Waals surface area (Å²) in [4.78, 5) is 11.9. The standard InChI is InChI=1S/C17H10F3N5O2S2/c18-17(19,20)14-23-24-15(29-14)21-12(26)8-28-16-25-22-13(27-16)11-6-5-9-3-1-2-4-10(9)7-11/h1-7H,8H2,(H,21,24,26). The van der Waals surface area contributed by atoms with E-state index in [1.54, 1.807) is 0 Å². The Morgan fingerprint density at radius 3 is 2.62 bits per heavy atom. The lowest BCUT2D eigenvalue weighted by molar-refractivity contribution is -0.138. The highest BCUT2D eigenvalue weighted by Crippen LogP contribution is 2.33. The number of fused-ring (bicyclic) bond motifs is 1. The highest BCUT2D eigenvalue weighted by molar-refractivity contribution is 7.99. The van der Waals surface area contributed by atoms with Gasteiger partial charge in [-0.25, -0.2) is 0 Å². The predicted octanol–water partition coefficient (Wildman–Crippen LogP) is 4.49. The third-order valence-corrected chi connectivity index (χ3v) is 5.35. The first-order valence-electron chi connectivity index (χ1n) is 8.04. The zero-order valence-electron chi connectivity index (χ0n) is 14.3. The summed E-state index contributed by atoms with van der Waals surface area (Å²) in [6.45, 7) is 0. The Kier molecular flexibility index (Phi) is 5.20. The molecule has 4 aromatic rings. The number of thioether (sulfide) groups is 1. The summed E-state index contributed by atoms with van der Waals surface area (Å²) in [7, 11) is 0. The molecule has 0 spiro atoms. The minimum absolute atomic E-state index is 0.139. The number of rotatable bonds is 5. The van der Waals surface area contributed by atoms with E-state index in [0.29, 0.717) is 5.89 Å². The minimum atomic E-state index is -4.60. The molecule has 0 aliphatic rings. The first-order valence-corrected chi connectivity index (χ1v) is 9.85. The van der Waals surface area contributed by atoms with Crippen LogP contribution in [0.15, 0.2) is 52.1 Å². The number of amides is 1. The van der Waals surface area contributed by atoms with Crippen molar-refractivity contribution in [3.05, 3.63) is 47.5 Å². The van der Waals surface area contributed by atoms with Crippen molar-refractivity contribution in [3.63, 3.8) is 0 Å². The molecular weight excluding hydrogens is 427 g/mol. The Balaban J connectivity index is 1.37. The molecule has 0 radical (unpaired) electrons. The Morgan fingerprint density at radius 1 is 1.07 bits per heavy atom. The molecule has 148 valence electrons. The molecule has 0 saturated carbocycles. The Labute approximate surface area is 169 Å². The van der Waals surface area contributed by atoms with Crippen molar-refractivity contribution in [3.8, 4) is 11.5 Å². The highest BCUT2D eigenvalue weighted by atomic mass is 32.2. The molecule has 1 amide bonds. The van der Waals surface area contributed by atoms with Gasteiger partial charge in [-0.05, 0) is 22.9 Å². The van der Waals surface area contributed by atoms with Gasteiger partial charge in [-0.2, -0.15) is 13.2 Å². The highest BCUT2D eigenvalue weighted by Gasteiger charge is 2.35. The fourth-order valence-electron chi connectivity index (χ4n) is 2.38. The van der Waals surface area contributed by atoms with Gasteiger partial charge in [0.25, 0.3) is 5.22 Å². The molecule has 4 rings (SSSR count). The summed E-state index contributed by atoms with van der Waals surface area (Å²) < 4.78 is 43.1. The molecule has 2 aromatic carbocycles. The molecule has 7 nitrogen and oxygen atoms in total. The van der Waals surface area contributed by atoms with Crippen molar-refractivity contribution in [1.82, 2.24) is 20.4 Å². The van der Waals surface area contributed by atoms with Crippen molar-refractivity contribution >= 4 is 44.9 Å². The lowest BCUT2D eigenvalue weighted by atomic mass is 10.1. The van der Waals surface area contributed by atoms with E-state index in [1.807, 2.05) is 42.5 Å². The van der Waals surface area contributed by atoms with Crippen LogP contribution in [-0.2, 0) is 11.0 Å². The van der Waals surface area contributed by atoms with Gasteiger partial charge in [0.15, 0.2) is 0 Å². The van der Waals surface area contributed by atoms with Gasteiger partial charge in [-0.3, -0.25) is 10.1 Å². The fourth-order valence-corrected chi connectivity index (χ4v) is 3.57. The third-order valence-electron chi connectivity index (χ3n) is 3.64. The van der Waals surface area contributed by atoms with E-state index in [9.17, 15) is 18.0 Å². The van der Waals surface area contributed by atoms with Crippen LogP contribution in [0.1, 0.15) is 5.01 Å². The predicted molar refractivity (Wildman–Crippen MR) is 102 cm³/mol. The zero-order chi connectivity index (χ0) is 20.4. The number of alkyl halides is 3. The normalized spacial score (nSPS) is 11.7. The monoisotopic (exact) mass is 437 g/mol. The smallest absolute Gasteiger partial charge is 0.411 e. The average Bonchev–Trinajstić information content (AvgIpc) is 3.35. The molecule has 2 aromatic heterocycles. The van der Waals surface area contributed by atoms with Crippen LogP contribution in [-0.4, -0.2) is 32.1 Å². The van der Waals surface area contributed by atoms with Gasteiger partial charge >= 0.3 is 6.18 Å². The van der Waals surface area contributed by atoms with Gasteiger partial charge in [-0.15, -0.1) is 20.4 Å². The average molecular weight is 437 g/mol. The number of carbonyl (C=O) groups excluding carboxylic acids is 1. The largest absolute Gasteiger partial charge is 0.445 e. The molecule has 0 saturated heterocycles. The molecule has 0 bridgehead atoms. The SMILES string of the molecule is O=C(CSc1nnc(-c2ccc3ccccc3c2)o1)Nc1nnc(C(F)(F)F)s1. The molecule has 0 unspecified atom stereocenters. The van der Waals surface area contributed by atoms with Crippen LogP contribution in [0.25, 0.3) is 22.2 Å². The van der Waals surface area contributed by atoms with Crippen LogP contribution >= 0.6 is 23.1 Å². The van der Waals surface area contributed by atoms with Crippen LogP contribution < -0.4 is 5.32 Å². The first-order chi connectivity index (χ1) is 13.9. The number of nitrogens with zero attached hydrogens (tertiary/aromatic N) is 4. The maximum Gasteiger partial charge on any atom is 0.445 e. The van der Waals surface area contributed by atoms with Gasteiger partial charge < -0.3 is 4.42 Å². The van der Waals surface area contributed by atoms with Crippen LogP contribution in [0.5, 0.6) is 0 Å². The van der Waals surface area contributed by atoms with E-state index >= 15 is 0 Å². The minimum Gasteiger partial charge on any atom is -0.411 e. The van der Waals surface area contributed by atoms with Crippen LogP contribution in [0.3, 0.4) is 0 Å². The van der Waals surface area contributed by atoms with Crippen LogP contribution in [0, 0.1) is 0 Å². The number of hydrogen-bond acceptors (Lipinski definition) is 8. The summed E-state index contributed by atoms with van der Waals surface area (Å²) >= 11 is 1.21. The van der Waals surface area contributed by atoms with Gasteiger partial charge in [0.1, 0.15) is 0 Å². The lowest BCUT2D eigenvalue weighted by Crippen LogP contribution is -2.13. The van der Waals surface area contributed by atoms with E-state index in [2.05, 4.69) is 25.7 Å². The summed E-state index contributed by atoms with van der Waals surface area (Å²) in [6.07, 6.45) is -4.60. The molecular formula is C17H10F3N5O2S2. The second kappa shape index (κ2) is 7.79. The quantitative estimate of drug-likeness (QED) is 0.460. The zero-order valence-corrected chi connectivity index (χ0v) is 15.9. The Morgan fingerprint density at radius 2 is 1.86 bits per heavy atom. The molecule has 0 aliphatic carbocycles. The van der Waals surface area contributed by atoms with Crippen molar-refractivity contribution in [1.29, 1.82) is 0 Å². The van der Waals surface area contributed by atoms with E-state index in [-0.39, 0.29) is 27.4 Å². The van der Waals surface area contributed by atoms with Crippen molar-refractivity contribution in [2.45, 2.75) is 11.4 Å². The van der Waals surface area contributed by atoms with E-state index in [1.165, 1.54) is 0 Å². The van der Waals surface area contributed by atoms with E-state index in [4.69, 9.17) is 4.42 Å². The summed E-state index contributed by atoms with van der Waals surface area (Å²) in [6, 6.07) is 13.5. The second-order valence-electron chi connectivity index (χ2n) is 5.68. The maximum absolute atomic E-state index is 12.5. The number of nitrogens with one attached hydrogen (secondary N) is 1. The second-order valence-corrected chi connectivity index (χ2v) is 7.59. The van der Waals surface area contributed by atoms with Crippen LogP contribution in [0.4, 0.5) is 18.3 Å². The number of aromatic nitrogens is 4. The van der Waals surface area contributed by atoms with Gasteiger partial charge in [0.2, 0.25) is 21.9 Å². The van der Waals surface area contributed by atoms with Crippen molar-refractivity contribution in [2.75, 3.05) is 11.1 Å². The van der Waals surface area contributed by atoms with Crippen molar-refractivity contribution in [2.24, 2.45) is 0 Å². The van der Waals surface area contributed by atoms with E-state index in [0.717, 1.165) is 28.1 Å². The van der Waals surface area contributed by atoms with E-state index < -0.39 is 17.1 Å². The molecule has 0 fully saturated rings. The number of halogens is 3. The fraction of sp³-hybridized carbons (Fsp3) is 0.118.